The Balaban J connectivity index is 2.79. The first kappa shape index (κ1) is 11.6. The number of phenolic OH excluding ortho intramolecular Hbond substituents is 2. The van der Waals surface area contributed by atoms with E-state index < -0.39 is 6.29 Å². The fraction of sp³-hybridized carbons (Fsp3) is 0.273. The molecule has 0 spiro atoms. The van der Waals surface area contributed by atoms with Crippen LogP contribution >= 0.6 is 0 Å². The number of rotatable bonds is 3. The summed E-state index contributed by atoms with van der Waals surface area (Å²) in [5.41, 5.74) is 1.38. The number of benzene rings is 1. The normalized spacial score (nSPS) is 11.5. The molecule has 0 atom stereocenters. The van der Waals surface area contributed by atoms with Gasteiger partial charge in [0.15, 0.2) is 17.8 Å². The van der Waals surface area contributed by atoms with Crippen molar-refractivity contribution >= 4 is 0 Å². The van der Waals surface area contributed by atoms with Crippen molar-refractivity contribution in [2.75, 3.05) is 0 Å². The van der Waals surface area contributed by atoms with E-state index in [4.69, 9.17) is 10.2 Å². The molecule has 0 unspecified atom stereocenters. The number of aliphatic hydroxyl groups is 2. The lowest BCUT2D eigenvalue weighted by Crippen LogP contribution is -1.97. The molecule has 4 N–H and O–H groups in total. The smallest absolute Gasteiger partial charge is 0.171 e. The summed E-state index contributed by atoms with van der Waals surface area (Å²) in [5.74, 6) is -0.284. The number of phenols is 2. The van der Waals surface area contributed by atoms with Crippen molar-refractivity contribution in [2.24, 2.45) is 0 Å². The van der Waals surface area contributed by atoms with Crippen LogP contribution in [0.2, 0.25) is 0 Å². The first-order chi connectivity index (χ1) is 7.00. The van der Waals surface area contributed by atoms with Gasteiger partial charge in [-0.1, -0.05) is 12.1 Å². The highest BCUT2D eigenvalue weighted by atomic mass is 16.5. The highest BCUT2D eigenvalue weighted by molar-refractivity contribution is 5.47. The molecule has 0 saturated carbocycles. The Morgan fingerprint density at radius 2 is 1.93 bits per heavy atom. The number of aromatic hydroxyl groups is 2. The molecule has 0 aliphatic rings. The van der Waals surface area contributed by atoms with E-state index in [2.05, 4.69) is 0 Å². The minimum absolute atomic E-state index is 0.120. The maximum Gasteiger partial charge on any atom is 0.171 e. The number of aliphatic hydroxyl groups excluding tert-OH is 1. The van der Waals surface area contributed by atoms with Crippen molar-refractivity contribution in [3.8, 4) is 11.5 Å². The Labute approximate surface area is 87.7 Å². The molecule has 0 aliphatic heterocycles. The van der Waals surface area contributed by atoms with Crippen LogP contribution in [0.1, 0.15) is 11.1 Å². The van der Waals surface area contributed by atoms with Crippen molar-refractivity contribution in [1.29, 1.82) is 0 Å². The summed E-state index contributed by atoms with van der Waals surface area (Å²) in [4.78, 5) is 0. The average Bonchev–Trinajstić information content (AvgIpc) is 2.13. The Hall–Kier alpha value is -1.52. The summed E-state index contributed by atoms with van der Waals surface area (Å²) in [6, 6.07) is 3.17. The van der Waals surface area contributed by atoms with Gasteiger partial charge in [-0.2, -0.15) is 0 Å². The molecule has 4 nitrogen and oxygen atoms in total. The first-order valence-corrected chi connectivity index (χ1v) is 4.55. The molecule has 0 aliphatic carbocycles. The second-order valence-corrected chi connectivity index (χ2v) is 3.33. The molecule has 82 valence electrons. The second kappa shape index (κ2) is 4.82. The van der Waals surface area contributed by atoms with Gasteiger partial charge < -0.3 is 20.4 Å². The number of allylic oxidation sites excluding steroid dienone is 1. The Bertz CT molecular complexity index is 346. The standard InChI is InChI=1S/C11H14O4/c1-7-5-8(3-2-4-10(13)14)6-9(12)11(7)15/h2,4-6,10,12-15H,3H2,1H3. The lowest BCUT2D eigenvalue weighted by molar-refractivity contribution is 0.00221. The number of aryl methyl sites for hydroxylation is 1. The van der Waals surface area contributed by atoms with Gasteiger partial charge in [0.2, 0.25) is 0 Å². The van der Waals surface area contributed by atoms with Crippen LogP contribution in [0.25, 0.3) is 0 Å². The predicted octanol–water partition coefficient (Wildman–Crippen LogP) is 0.816. The third-order valence-electron chi connectivity index (χ3n) is 2.00. The van der Waals surface area contributed by atoms with Gasteiger partial charge in [-0.15, -0.1) is 0 Å². The van der Waals surface area contributed by atoms with E-state index in [1.54, 1.807) is 19.1 Å². The van der Waals surface area contributed by atoms with E-state index in [1.165, 1.54) is 12.1 Å². The van der Waals surface area contributed by atoms with Gasteiger partial charge in [-0.25, -0.2) is 0 Å². The molecule has 0 aromatic heterocycles. The van der Waals surface area contributed by atoms with Gasteiger partial charge in [0.25, 0.3) is 0 Å². The summed E-state index contributed by atoms with van der Waals surface area (Å²) in [5, 5.41) is 35.7. The van der Waals surface area contributed by atoms with Crippen molar-refractivity contribution in [3.05, 3.63) is 35.4 Å². The van der Waals surface area contributed by atoms with E-state index in [0.29, 0.717) is 12.0 Å². The van der Waals surface area contributed by atoms with Crippen LogP contribution in [-0.4, -0.2) is 26.7 Å². The highest BCUT2D eigenvalue weighted by Gasteiger charge is 2.04. The SMILES string of the molecule is Cc1cc(CC=CC(O)O)cc(O)c1O. The minimum atomic E-state index is -1.46. The third kappa shape index (κ3) is 3.27. The van der Waals surface area contributed by atoms with Crippen LogP contribution in [-0.2, 0) is 6.42 Å². The molecule has 0 radical (unpaired) electrons. The summed E-state index contributed by atoms with van der Waals surface area (Å²) in [7, 11) is 0. The van der Waals surface area contributed by atoms with Crippen LogP contribution < -0.4 is 0 Å². The lowest BCUT2D eigenvalue weighted by atomic mass is 10.1. The first-order valence-electron chi connectivity index (χ1n) is 4.55. The van der Waals surface area contributed by atoms with Crippen molar-refractivity contribution < 1.29 is 20.4 Å². The van der Waals surface area contributed by atoms with Gasteiger partial charge >= 0.3 is 0 Å². The molecule has 0 amide bonds. The van der Waals surface area contributed by atoms with Crippen LogP contribution in [0.4, 0.5) is 0 Å². The third-order valence-corrected chi connectivity index (χ3v) is 2.00. The Morgan fingerprint density at radius 3 is 2.47 bits per heavy atom. The molecule has 0 heterocycles. The lowest BCUT2D eigenvalue weighted by Gasteiger charge is -2.04. The van der Waals surface area contributed by atoms with Crippen LogP contribution in [0, 0.1) is 6.92 Å². The fourth-order valence-corrected chi connectivity index (χ4v) is 1.28. The zero-order valence-corrected chi connectivity index (χ0v) is 8.38. The summed E-state index contributed by atoms with van der Waals surface area (Å²) >= 11 is 0. The zero-order chi connectivity index (χ0) is 11.4. The van der Waals surface area contributed by atoms with Crippen molar-refractivity contribution in [3.63, 3.8) is 0 Å². The average molecular weight is 210 g/mol. The molecule has 0 bridgehead atoms. The Kier molecular flexibility index (Phi) is 3.71. The molecule has 4 heteroatoms. The largest absolute Gasteiger partial charge is 0.504 e. The summed E-state index contributed by atoms with van der Waals surface area (Å²) in [6.45, 7) is 1.68. The molecule has 1 aromatic carbocycles. The van der Waals surface area contributed by atoms with Gasteiger partial charge in [0.1, 0.15) is 0 Å². The van der Waals surface area contributed by atoms with E-state index in [-0.39, 0.29) is 11.5 Å². The topological polar surface area (TPSA) is 80.9 Å². The molecule has 15 heavy (non-hydrogen) atoms. The maximum atomic E-state index is 9.32. The Morgan fingerprint density at radius 1 is 1.27 bits per heavy atom. The van der Waals surface area contributed by atoms with Gasteiger partial charge in [-0.05, 0) is 36.6 Å². The summed E-state index contributed by atoms with van der Waals surface area (Å²) < 4.78 is 0. The monoisotopic (exact) mass is 210 g/mol. The number of hydrogen-bond donors (Lipinski definition) is 4. The van der Waals surface area contributed by atoms with E-state index >= 15 is 0 Å². The number of hydrogen-bond acceptors (Lipinski definition) is 4. The molecular formula is C11H14O4. The van der Waals surface area contributed by atoms with Gasteiger partial charge in [0, 0.05) is 0 Å². The quantitative estimate of drug-likeness (QED) is 0.338. The maximum absolute atomic E-state index is 9.32. The second-order valence-electron chi connectivity index (χ2n) is 3.33. The fourth-order valence-electron chi connectivity index (χ4n) is 1.28. The zero-order valence-electron chi connectivity index (χ0n) is 8.38. The van der Waals surface area contributed by atoms with Gasteiger partial charge in [-0.3, -0.25) is 0 Å². The molecular weight excluding hydrogens is 196 g/mol. The predicted molar refractivity (Wildman–Crippen MR) is 55.6 cm³/mol. The summed E-state index contributed by atoms with van der Waals surface area (Å²) in [6.07, 6.45) is 1.82. The van der Waals surface area contributed by atoms with Crippen molar-refractivity contribution in [2.45, 2.75) is 19.6 Å². The van der Waals surface area contributed by atoms with E-state index in [0.717, 1.165) is 5.56 Å². The van der Waals surface area contributed by atoms with Crippen LogP contribution in [0.3, 0.4) is 0 Å². The molecule has 1 aromatic rings. The molecule has 0 saturated heterocycles. The van der Waals surface area contributed by atoms with Crippen molar-refractivity contribution in [1.82, 2.24) is 0 Å². The molecule has 1 rings (SSSR count). The molecule has 0 fully saturated rings. The van der Waals surface area contributed by atoms with E-state index in [9.17, 15) is 10.2 Å². The van der Waals surface area contributed by atoms with Crippen LogP contribution in [0.5, 0.6) is 11.5 Å². The highest BCUT2D eigenvalue weighted by Crippen LogP contribution is 2.29. The van der Waals surface area contributed by atoms with Crippen LogP contribution in [0.15, 0.2) is 24.3 Å². The minimum Gasteiger partial charge on any atom is -0.504 e. The van der Waals surface area contributed by atoms with Gasteiger partial charge in [0.05, 0.1) is 0 Å². The van der Waals surface area contributed by atoms with E-state index in [1.807, 2.05) is 0 Å².